The molecule has 80 valence electrons. The van der Waals surface area contributed by atoms with Crippen molar-refractivity contribution in [2.45, 2.75) is 18.9 Å². The van der Waals surface area contributed by atoms with E-state index in [2.05, 4.69) is 26.2 Å². The van der Waals surface area contributed by atoms with Crippen molar-refractivity contribution in [3.63, 3.8) is 0 Å². The Morgan fingerprint density at radius 1 is 1.60 bits per heavy atom. The van der Waals surface area contributed by atoms with Crippen LogP contribution in [0, 0.1) is 0 Å². The molecule has 5 nitrogen and oxygen atoms in total. The quantitative estimate of drug-likeness (QED) is 0.782. The van der Waals surface area contributed by atoms with E-state index in [0.717, 1.165) is 12.8 Å². The minimum atomic E-state index is -1.06. The van der Waals surface area contributed by atoms with Crippen LogP contribution in [0.4, 0.5) is 5.82 Å². The molecule has 0 amide bonds. The van der Waals surface area contributed by atoms with Gasteiger partial charge in [-0.1, -0.05) is 0 Å². The maximum absolute atomic E-state index is 10.9. The van der Waals surface area contributed by atoms with Gasteiger partial charge < -0.3 is 15.5 Å². The normalized spacial score (nSPS) is 15.0. The Hall–Kier alpha value is -1.30. The molecule has 0 aromatic carbocycles. The average molecular weight is 273 g/mol. The first kappa shape index (κ1) is 10.2. The first-order valence-electron chi connectivity index (χ1n) is 4.47. The fourth-order valence-corrected chi connectivity index (χ4v) is 1.49. The van der Waals surface area contributed by atoms with Gasteiger partial charge in [0.15, 0.2) is 0 Å². The molecule has 0 unspecified atom stereocenters. The van der Waals surface area contributed by atoms with Gasteiger partial charge in [-0.25, -0.2) is 4.79 Å². The average Bonchev–Trinajstić information content (AvgIpc) is 2.94. The van der Waals surface area contributed by atoms with Gasteiger partial charge in [-0.2, -0.15) is 4.98 Å². The summed E-state index contributed by atoms with van der Waals surface area (Å²) in [4.78, 5) is 14.7. The molecule has 1 aliphatic rings. The monoisotopic (exact) mass is 272 g/mol. The molecular formula is C9H9BrN2O3. The van der Waals surface area contributed by atoms with Crippen LogP contribution in [0.1, 0.15) is 23.2 Å². The van der Waals surface area contributed by atoms with Crippen molar-refractivity contribution in [1.82, 2.24) is 4.98 Å². The van der Waals surface area contributed by atoms with Crippen LogP contribution in [0.5, 0.6) is 5.88 Å². The second kappa shape index (κ2) is 3.69. The number of hydrogen-bond donors (Lipinski definition) is 3. The number of carboxylic acid groups (broad SMARTS) is 1. The van der Waals surface area contributed by atoms with Crippen molar-refractivity contribution in [2.24, 2.45) is 0 Å². The minimum absolute atomic E-state index is 0.0616. The summed E-state index contributed by atoms with van der Waals surface area (Å²) in [6, 6.07) is 1.63. The largest absolute Gasteiger partial charge is 0.492 e. The lowest BCUT2D eigenvalue weighted by molar-refractivity contribution is 0.0697. The maximum Gasteiger partial charge on any atom is 0.339 e. The Labute approximate surface area is 94.3 Å². The van der Waals surface area contributed by atoms with Gasteiger partial charge in [0.1, 0.15) is 11.4 Å². The zero-order chi connectivity index (χ0) is 11.0. The second-order valence-corrected chi connectivity index (χ2v) is 4.27. The van der Waals surface area contributed by atoms with Gasteiger partial charge in [0, 0.05) is 6.04 Å². The smallest absolute Gasteiger partial charge is 0.339 e. The van der Waals surface area contributed by atoms with Crippen molar-refractivity contribution in [1.29, 1.82) is 0 Å². The lowest BCUT2D eigenvalue weighted by Gasteiger charge is -2.08. The number of nitrogens with one attached hydrogen (secondary N) is 1. The Morgan fingerprint density at radius 2 is 2.27 bits per heavy atom. The third-order valence-corrected chi connectivity index (χ3v) is 2.69. The fraction of sp³-hybridized carbons (Fsp3) is 0.333. The van der Waals surface area contributed by atoms with E-state index < -0.39 is 5.97 Å². The summed E-state index contributed by atoms with van der Waals surface area (Å²) in [6.45, 7) is 0. The highest BCUT2D eigenvalue weighted by Gasteiger charge is 2.24. The standard InChI is InChI=1S/C9H9BrN2O3/c10-6-3-5(9(14)15)7(12-8(6)13)11-4-1-2-4/h3-4H,1-2H2,(H,14,15)(H2,11,12,13). The predicted molar refractivity (Wildman–Crippen MR) is 57.2 cm³/mol. The van der Waals surface area contributed by atoms with Gasteiger partial charge in [-0.15, -0.1) is 0 Å². The molecule has 15 heavy (non-hydrogen) atoms. The summed E-state index contributed by atoms with van der Waals surface area (Å²) in [6.07, 6.45) is 2.02. The first-order valence-corrected chi connectivity index (χ1v) is 5.26. The van der Waals surface area contributed by atoms with Gasteiger partial charge >= 0.3 is 5.97 Å². The third-order valence-electron chi connectivity index (χ3n) is 2.11. The summed E-state index contributed by atoms with van der Waals surface area (Å²) in [5, 5.41) is 21.2. The van der Waals surface area contributed by atoms with E-state index in [1.54, 1.807) is 0 Å². The van der Waals surface area contributed by atoms with Crippen molar-refractivity contribution in [3.05, 3.63) is 16.1 Å². The molecule has 0 bridgehead atoms. The summed E-state index contributed by atoms with van der Waals surface area (Å²) < 4.78 is 0.279. The molecule has 0 spiro atoms. The number of carboxylic acids is 1. The van der Waals surface area contributed by atoms with Crippen molar-refractivity contribution in [2.75, 3.05) is 5.32 Å². The number of rotatable bonds is 3. The van der Waals surface area contributed by atoms with Crippen LogP contribution in [0.25, 0.3) is 0 Å². The number of aromatic nitrogens is 1. The van der Waals surface area contributed by atoms with Crippen LogP contribution in [0.2, 0.25) is 0 Å². The maximum atomic E-state index is 10.9. The highest BCUT2D eigenvalue weighted by Crippen LogP contribution is 2.30. The van der Waals surface area contributed by atoms with Crippen LogP contribution in [0.3, 0.4) is 0 Å². The lowest BCUT2D eigenvalue weighted by Crippen LogP contribution is -2.10. The zero-order valence-electron chi connectivity index (χ0n) is 7.70. The number of carbonyl (C=O) groups is 1. The van der Waals surface area contributed by atoms with E-state index in [1.807, 2.05) is 0 Å². The van der Waals surface area contributed by atoms with E-state index in [4.69, 9.17) is 5.11 Å². The molecular weight excluding hydrogens is 264 g/mol. The molecule has 2 rings (SSSR count). The minimum Gasteiger partial charge on any atom is -0.492 e. The number of halogens is 1. The highest BCUT2D eigenvalue weighted by atomic mass is 79.9. The van der Waals surface area contributed by atoms with E-state index >= 15 is 0 Å². The number of hydrogen-bond acceptors (Lipinski definition) is 4. The fourth-order valence-electron chi connectivity index (χ4n) is 1.17. The summed E-state index contributed by atoms with van der Waals surface area (Å²) in [5.41, 5.74) is 0.0616. The van der Waals surface area contributed by atoms with Gasteiger partial charge in [-0.05, 0) is 34.8 Å². The Balaban J connectivity index is 2.39. The van der Waals surface area contributed by atoms with Crippen LogP contribution >= 0.6 is 15.9 Å². The molecule has 0 aliphatic heterocycles. The van der Waals surface area contributed by atoms with Gasteiger partial charge in [-0.3, -0.25) is 0 Å². The number of pyridine rings is 1. The molecule has 1 fully saturated rings. The van der Waals surface area contributed by atoms with E-state index in [1.165, 1.54) is 6.07 Å². The molecule has 1 saturated carbocycles. The number of nitrogens with zero attached hydrogens (tertiary/aromatic N) is 1. The predicted octanol–water partition coefficient (Wildman–Crippen LogP) is 1.82. The van der Waals surface area contributed by atoms with Gasteiger partial charge in [0.05, 0.1) is 4.47 Å². The van der Waals surface area contributed by atoms with E-state index in [0.29, 0.717) is 0 Å². The van der Waals surface area contributed by atoms with Crippen molar-refractivity contribution >= 4 is 27.7 Å². The zero-order valence-corrected chi connectivity index (χ0v) is 9.28. The van der Waals surface area contributed by atoms with Crippen molar-refractivity contribution < 1.29 is 15.0 Å². The molecule has 0 atom stereocenters. The summed E-state index contributed by atoms with van der Waals surface area (Å²) in [5.74, 6) is -1.04. The van der Waals surface area contributed by atoms with Crippen molar-refractivity contribution in [3.8, 4) is 5.88 Å². The summed E-state index contributed by atoms with van der Waals surface area (Å²) in [7, 11) is 0. The van der Waals surface area contributed by atoms with E-state index in [9.17, 15) is 9.90 Å². The number of anilines is 1. The van der Waals surface area contributed by atoms with E-state index in [-0.39, 0.29) is 27.8 Å². The second-order valence-electron chi connectivity index (χ2n) is 3.41. The molecule has 1 heterocycles. The highest BCUT2D eigenvalue weighted by molar-refractivity contribution is 9.10. The number of aromatic carboxylic acids is 1. The Kier molecular flexibility index (Phi) is 2.52. The molecule has 1 aromatic heterocycles. The number of aromatic hydroxyl groups is 1. The molecule has 0 radical (unpaired) electrons. The Morgan fingerprint density at radius 3 is 2.80 bits per heavy atom. The van der Waals surface area contributed by atoms with Crippen LogP contribution in [-0.2, 0) is 0 Å². The van der Waals surface area contributed by atoms with Crippen LogP contribution in [0.15, 0.2) is 10.5 Å². The van der Waals surface area contributed by atoms with Gasteiger partial charge in [0.25, 0.3) is 0 Å². The first-order chi connectivity index (χ1) is 7.08. The van der Waals surface area contributed by atoms with Crippen LogP contribution in [-0.4, -0.2) is 27.2 Å². The molecule has 0 saturated heterocycles. The SMILES string of the molecule is O=C(O)c1cc(Br)c(O)nc1NC1CC1. The topological polar surface area (TPSA) is 82.5 Å². The molecule has 1 aromatic rings. The molecule has 6 heteroatoms. The third kappa shape index (κ3) is 2.20. The molecule has 3 N–H and O–H groups in total. The van der Waals surface area contributed by atoms with Crippen LogP contribution < -0.4 is 5.32 Å². The Bertz CT molecular complexity index is 418. The van der Waals surface area contributed by atoms with Gasteiger partial charge in [0.2, 0.25) is 5.88 Å². The molecule has 1 aliphatic carbocycles. The lowest BCUT2D eigenvalue weighted by atomic mass is 10.2. The summed E-state index contributed by atoms with van der Waals surface area (Å²) >= 11 is 3.03.